The molecule has 2 rings (SSSR count). The van der Waals surface area contributed by atoms with Gasteiger partial charge in [-0.05, 0) is 41.9 Å². The van der Waals surface area contributed by atoms with Crippen molar-refractivity contribution in [2.24, 2.45) is 0 Å². The van der Waals surface area contributed by atoms with Gasteiger partial charge in [-0.15, -0.1) is 0 Å². The van der Waals surface area contributed by atoms with Gasteiger partial charge in [-0.3, -0.25) is 4.90 Å². The van der Waals surface area contributed by atoms with E-state index in [1.807, 2.05) is 12.1 Å². The fourth-order valence-corrected chi connectivity index (χ4v) is 2.50. The first kappa shape index (κ1) is 14.1. The zero-order valence-corrected chi connectivity index (χ0v) is 12.7. The van der Waals surface area contributed by atoms with Gasteiger partial charge in [0.25, 0.3) is 0 Å². The Hall–Kier alpha value is -1.32. The lowest BCUT2D eigenvalue weighted by Gasteiger charge is -2.20. The summed E-state index contributed by atoms with van der Waals surface area (Å²) < 4.78 is 1.13. The molecule has 0 atom stereocenters. The smallest absolute Gasteiger partial charge is 0.0314 e. The third kappa shape index (κ3) is 4.37. The molecule has 0 radical (unpaired) electrons. The van der Waals surface area contributed by atoms with E-state index in [2.05, 4.69) is 64.2 Å². The first-order valence-corrected chi connectivity index (χ1v) is 7.28. The summed E-state index contributed by atoms with van der Waals surface area (Å²) >= 11 is 3.52. The van der Waals surface area contributed by atoms with E-state index in [0.717, 1.165) is 29.8 Å². The number of nitrogen functional groups attached to an aromatic ring is 1. The zero-order chi connectivity index (χ0) is 13.7. The molecule has 19 heavy (non-hydrogen) atoms. The molecule has 0 fully saturated rings. The maximum absolute atomic E-state index is 5.71. The number of nitrogens with two attached hydrogens (primary N) is 1. The topological polar surface area (TPSA) is 29.3 Å². The molecule has 0 aromatic heterocycles. The van der Waals surface area contributed by atoms with Gasteiger partial charge >= 0.3 is 0 Å². The van der Waals surface area contributed by atoms with E-state index in [-0.39, 0.29) is 0 Å². The first-order valence-electron chi connectivity index (χ1n) is 6.48. The Morgan fingerprint density at radius 3 is 2.32 bits per heavy atom. The number of rotatable bonds is 5. The van der Waals surface area contributed by atoms with Crippen LogP contribution in [0.1, 0.15) is 18.1 Å². The van der Waals surface area contributed by atoms with Gasteiger partial charge < -0.3 is 5.73 Å². The lowest BCUT2D eigenvalue weighted by atomic mass is 10.1. The Bertz CT molecular complexity index is 523. The molecule has 0 amide bonds. The average Bonchev–Trinajstić information content (AvgIpc) is 2.40. The summed E-state index contributed by atoms with van der Waals surface area (Å²) in [4.78, 5) is 2.41. The van der Waals surface area contributed by atoms with Crippen LogP contribution in [0.3, 0.4) is 0 Å². The van der Waals surface area contributed by atoms with Gasteiger partial charge in [0.2, 0.25) is 0 Å². The van der Waals surface area contributed by atoms with Crippen molar-refractivity contribution in [3.63, 3.8) is 0 Å². The maximum Gasteiger partial charge on any atom is 0.0314 e. The van der Waals surface area contributed by atoms with E-state index in [4.69, 9.17) is 5.73 Å². The summed E-state index contributed by atoms with van der Waals surface area (Å²) in [6.07, 6.45) is 0. The normalized spacial score (nSPS) is 10.9. The van der Waals surface area contributed by atoms with Gasteiger partial charge in [0.15, 0.2) is 0 Å². The highest BCUT2D eigenvalue weighted by Gasteiger charge is 2.05. The minimum absolute atomic E-state index is 0.818. The number of hydrogen-bond donors (Lipinski definition) is 1. The molecular weight excluding hydrogens is 300 g/mol. The first-order chi connectivity index (χ1) is 9.17. The predicted octanol–water partition coefficient (Wildman–Crippen LogP) is 4.05. The van der Waals surface area contributed by atoms with Gasteiger partial charge in [0.1, 0.15) is 0 Å². The molecule has 2 aromatic carbocycles. The van der Waals surface area contributed by atoms with Crippen LogP contribution >= 0.6 is 15.9 Å². The van der Waals surface area contributed by atoms with Crippen molar-refractivity contribution in [2.45, 2.75) is 20.0 Å². The molecule has 2 N–H and O–H groups in total. The van der Waals surface area contributed by atoms with Gasteiger partial charge in [0.05, 0.1) is 0 Å². The van der Waals surface area contributed by atoms with E-state index in [0.29, 0.717) is 0 Å². The van der Waals surface area contributed by atoms with E-state index < -0.39 is 0 Å². The monoisotopic (exact) mass is 318 g/mol. The largest absolute Gasteiger partial charge is 0.399 e. The predicted molar refractivity (Wildman–Crippen MR) is 84.8 cm³/mol. The van der Waals surface area contributed by atoms with E-state index in [1.54, 1.807) is 0 Å². The molecule has 0 saturated heterocycles. The highest BCUT2D eigenvalue weighted by molar-refractivity contribution is 9.10. The van der Waals surface area contributed by atoms with Crippen molar-refractivity contribution in [1.29, 1.82) is 0 Å². The molecule has 0 aliphatic heterocycles. The minimum atomic E-state index is 0.818. The molecule has 100 valence electrons. The number of halogens is 1. The van der Waals surface area contributed by atoms with E-state index in [1.165, 1.54) is 11.1 Å². The van der Waals surface area contributed by atoms with Crippen LogP contribution in [0.15, 0.2) is 53.0 Å². The van der Waals surface area contributed by atoms with Crippen LogP contribution in [-0.4, -0.2) is 11.4 Å². The molecule has 2 aromatic rings. The van der Waals surface area contributed by atoms with E-state index >= 15 is 0 Å². The fourth-order valence-electron chi connectivity index (χ4n) is 2.05. The summed E-state index contributed by atoms with van der Waals surface area (Å²) in [6.45, 7) is 5.12. The third-order valence-corrected chi connectivity index (χ3v) is 3.62. The van der Waals surface area contributed by atoms with Gasteiger partial charge in [-0.1, -0.05) is 47.1 Å². The highest BCUT2D eigenvalue weighted by atomic mass is 79.9. The summed E-state index contributed by atoms with van der Waals surface area (Å²) in [6, 6.07) is 16.6. The fraction of sp³-hybridized carbons (Fsp3) is 0.250. The quantitative estimate of drug-likeness (QED) is 0.842. The molecule has 0 bridgehead atoms. The second kappa shape index (κ2) is 6.73. The van der Waals surface area contributed by atoms with Crippen LogP contribution in [0, 0.1) is 0 Å². The van der Waals surface area contributed by atoms with Gasteiger partial charge in [-0.25, -0.2) is 0 Å². The Morgan fingerprint density at radius 2 is 1.68 bits per heavy atom. The molecule has 3 heteroatoms. The van der Waals surface area contributed by atoms with Crippen molar-refractivity contribution < 1.29 is 0 Å². The van der Waals surface area contributed by atoms with Crippen LogP contribution in [0.5, 0.6) is 0 Å². The average molecular weight is 319 g/mol. The number of benzene rings is 2. The lowest BCUT2D eigenvalue weighted by molar-refractivity contribution is 0.271. The van der Waals surface area contributed by atoms with Crippen LogP contribution in [-0.2, 0) is 13.1 Å². The van der Waals surface area contributed by atoms with Crippen molar-refractivity contribution >= 4 is 21.6 Å². The van der Waals surface area contributed by atoms with Crippen LogP contribution < -0.4 is 5.73 Å². The Morgan fingerprint density at radius 1 is 1.00 bits per heavy atom. The van der Waals surface area contributed by atoms with E-state index in [9.17, 15) is 0 Å². The van der Waals surface area contributed by atoms with Crippen molar-refractivity contribution in [3.8, 4) is 0 Å². The molecule has 0 spiro atoms. The molecule has 0 aliphatic rings. The molecule has 2 nitrogen and oxygen atoms in total. The summed E-state index contributed by atoms with van der Waals surface area (Å²) in [5.41, 5.74) is 9.15. The summed E-state index contributed by atoms with van der Waals surface area (Å²) in [5.74, 6) is 0. The minimum Gasteiger partial charge on any atom is -0.399 e. The summed E-state index contributed by atoms with van der Waals surface area (Å²) in [5, 5.41) is 0. The Balaban J connectivity index is 2.02. The SMILES string of the molecule is CCN(Cc1ccc(N)cc1)Cc1cccc(Br)c1. The second-order valence-corrected chi connectivity index (χ2v) is 5.59. The Labute approximate surface area is 123 Å². The lowest BCUT2D eigenvalue weighted by Crippen LogP contribution is -2.22. The standard InChI is InChI=1S/C16H19BrN2/c1-2-19(11-13-6-8-16(18)9-7-13)12-14-4-3-5-15(17)10-14/h3-10H,2,11-12,18H2,1H3. The van der Waals surface area contributed by atoms with Crippen LogP contribution in [0.2, 0.25) is 0 Å². The zero-order valence-electron chi connectivity index (χ0n) is 11.1. The van der Waals surface area contributed by atoms with Crippen LogP contribution in [0.25, 0.3) is 0 Å². The second-order valence-electron chi connectivity index (χ2n) is 4.67. The molecule has 0 saturated carbocycles. The molecule has 0 unspecified atom stereocenters. The third-order valence-electron chi connectivity index (χ3n) is 3.13. The number of anilines is 1. The Kier molecular flexibility index (Phi) is 5.00. The number of hydrogen-bond acceptors (Lipinski definition) is 2. The number of nitrogens with zero attached hydrogens (tertiary/aromatic N) is 1. The summed E-state index contributed by atoms with van der Waals surface area (Å²) in [7, 11) is 0. The van der Waals surface area contributed by atoms with Crippen LogP contribution in [0.4, 0.5) is 5.69 Å². The molecular formula is C16H19BrN2. The van der Waals surface area contributed by atoms with Gasteiger partial charge in [-0.2, -0.15) is 0 Å². The highest BCUT2D eigenvalue weighted by Crippen LogP contribution is 2.15. The molecule has 0 heterocycles. The van der Waals surface area contributed by atoms with Crippen molar-refractivity contribution in [1.82, 2.24) is 4.90 Å². The van der Waals surface area contributed by atoms with Crippen molar-refractivity contribution in [3.05, 3.63) is 64.1 Å². The maximum atomic E-state index is 5.71. The molecule has 0 aliphatic carbocycles. The van der Waals surface area contributed by atoms with Crippen molar-refractivity contribution in [2.75, 3.05) is 12.3 Å². The van der Waals surface area contributed by atoms with Gasteiger partial charge in [0, 0.05) is 23.2 Å².